The highest BCUT2D eigenvalue weighted by molar-refractivity contribution is 5.00. The van der Waals surface area contributed by atoms with Crippen molar-refractivity contribution >= 4 is 0 Å². The largest absolute Gasteiger partial charge is 0.314 e. The van der Waals surface area contributed by atoms with Crippen molar-refractivity contribution in [2.75, 3.05) is 13.1 Å². The summed E-state index contributed by atoms with van der Waals surface area (Å²) in [5.41, 5.74) is 0.973. The first-order valence-corrected chi connectivity index (χ1v) is 12.8. The molecule has 0 saturated carbocycles. The number of piperidine rings is 2. The van der Waals surface area contributed by atoms with Crippen molar-refractivity contribution in [1.29, 1.82) is 0 Å². The van der Waals surface area contributed by atoms with E-state index in [2.05, 4.69) is 76.7 Å². The molecule has 4 heteroatoms. The number of hydrogen-bond donors (Lipinski definition) is 4. The fraction of sp³-hybridized carbons (Fsp3) is 1.00. The van der Waals surface area contributed by atoms with Gasteiger partial charge in [-0.2, -0.15) is 0 Å². The van der Waals surface area contributed by atoms with E-state index in [0.29, 0.717) is 12.1 Å². The SMILES string of the molecule is CC1(C)CC(NCCCCCCCCNC2CC(C)(C)NC(C)(C)C2)CC(C)(C)N1. The molecule has 0 unspecified atom stereocenters. The van der Waals surface area contributed by atoms with Gasteiger partial charge in [0.05, 0.1) is 0 Å². The molecule has 30 heavy (non-hydrogen) atoms. The van der Waals surface area contributed by atoms with E-state index in [1.165, 1.54) is 77.3 Å². The summed E-state index contributed by atoms with van der Waals surface area (Å²) < 4.78 is 0. The average molecular weight is 423 g/mol. The van der Waals surface area contributed by atoms with Crippen molar-refractivity contribution in [3.8, 4) is 0 Å². The zero-order valence-corrected chi connectivity index (χ0v) is 21.6. The zero-order valence-electron chi connectivity index (χ0n) is 21.6. The maximum absolute atomic E-state index is 3.84. The van der Waals surface area contributed by atoms with Crippen LogP contribution in [0.3, 0.4) is 0 Å². The van der Waals surface area contributed by atoms with Crippen molar-refractivity contribution < 1.29 is 0 Å². The molecule has 178 valence electrons. The van der Waals surface area contributed by atoms with Gasteiger partial charge in [0.15, 0.2) is 0 Å². The van der Waals surface area contributed by atoms with Crippen LogP contribution in [0.25, 0.3) is 0 Å². The normalized spacial score (nSPS) is 26.0. The molecule has 0 amide bonds. The molecule has 2 saturated heterocycles. The average Bonchev–Trinajstić information content (AvgIpc) is 2.50. The lowest BCUT2D eigenvalue weighted by atomic mass is 9.79. The highest BCUT2D eigenvalue weighted by atomic mass is 15.1. The Morgan fingerprint density at radius 2 is 0.767 bits per heavy atom. The van der Waals surface area contributed by atoms with Crippen LogP contribution in [-0.2, 0) is 0 Å². The smallest absolute Gasteiger partial charge is 0.0144 e. The molecule has 0 aliphatic carbocycles. The predicted octanol–water partition coefficient (Wildman–Crippen LogP) is 5.12. The molecule has 2 rings (SSSR count). The molecule has 0 spiro atoms. The maximum Gasteiger partial charge on any atom is 0.0144 e. The Bertz CT molecular complexity index is 431. The maximum atomic E-state index is 3.84. The van der Waals surface area contributed by atoms with Crippen molar-refractivity contribution in [1.82, 2.24) is 21.3 Å². The van der Waals surface area contributed by atoms with Crippen molar-refractivity contribution in [3.63, 3.8) is 0 Å². The topological polar surface area (TPSA) is 48.1 Å². The summed E-state index contributed by atoms with van der Waals surface area (Å²) in [4.78, 5) is 0. The number of unbranched alkanes of at least 4 members (excludes halogenated alkanes) is 5. The van der Waals surface area contributed by atoms with Gasteiger partial charge in [0.2, 0.25) is 0 Å². The zero-order chi connectivity index (χ0) is 22.5. The van der Waals surface area contributed by atoms with E-state index in [1.807, 2.05) is 0 Å². The second-order valence-electron chi connectivity index (χ2n) is 13.0. The van der Waals surface area contributed by atoms with Crippen LogP contribution in [0.1, 0.15) is 120 Å². The minimum Gasteiger partial charge on any atom is -0.314 e. The summed E-state index contributed by atoms with van der Waals surface area (Å²) in [6, 6.07) is 1.32. The Morgan fingerprint density at radius 1 is 0.500 bits per heavy atom. The van der Waals surface area contributed by atoms with Gasteiger partial charge in [0, 0.05) is 34.2 Å². The first-order chi connectivity index (χ1) is 13.8. The molecule has 0 atom stereocenters. The van der Waals surface area contributed by atoms with E-state index in [9.17, 15) is 0 Å². The first kappa shape index (κ1) is 26.1. The van der Waals surface area contributed by atoms with Gasteiger partial charge in [-0.05, 0) is 107 Å². The molecule has 0 aromatic rings. The van der Waals surface area contributed by atoms with E-state index in [4.69, 9.17) is 0 Å². The Balaban J connectivity index is 1.46. The number of hydrogen-bond acceptors (Lipinski definition) is 4. The van der Waals surface area contributed by atoms with E-state index < -0.39 is 0 Å². The Morgan fingerprint density at radius 3 is 1.07 bits per heavy atom. The van der Waals surface area contributed by atoms with Crippen molar-refractivity contribution in [2.24, 2.45) is 0 Å². The van der Waals surface area contributed by atoms with Crippen LogP contribution in [0.4, 0.5) is 0 Å². The summed E-state index contributed by atoms with van der Waals surface area (Å²) in [6.45, 7) is 21.1. The van der Waals surface area contributed by atoms with E-state index in [0.717, 1.165) is 0 Å². The summed E-state index contributed by atoms with van der Waals surface area (Å²) in [6.07, 6.45) is 13.1. The second-order valence-corrected chi connectivity index (χ2v) is 13.0. The van der Waals surface area contributed by atoms with Crippen LogP contribution in [0.2, 0.25) is 0 Å². The molecule has 2 aliphatic rings. The minimum absolute atomic E-state index is 0.243. The van der Waals surface area contributed by atoms with Crippen LogP contribution in [-0.4, -0.2) is 47.3 Å². The van der Waals surface area contributed by atoms with Crippen molar-refractivity contribution in [2.45, 2.75) is 154 Å². The highest BCUT2D eigenvalue weighted by Crippen LogP contribution is 2.29. The van der Waals surface area contributed by atoms with Gasteiger partial charge >= 0.3 is 0 Å². The number of nitrogens with one attached hydrogen (secondary N) is 4. The van der Waals surface area contributed by atoms with Gasteiger partial charge in [0.25, 0.3) is 0 Å². The van der Waals surface area contributed by atoms with E-state index in [1.54, 1.807) is 0 Å². The minimum atomic E-state index is 0.243. The summed E-state index contributed by atoms with van der Waals surface area (Å²) in [7, 11) is 0. The van der Waals surface area contributed by atoms with Gasteiger partial charge in [-0.15, -0.1) is 0 Å². The third-order valence-electron chi connectivity index (χ3n) is 6.85. The van der Waals surface area contributed by atoms with Gasteiger partial charge in [-0.3, -0.25) is 0 Å². The van der Waals surface area contributed by atoms with E-state index >= 15 is 0 Å². The summed E-state index contributed by atoms with van der Waals surface area (Å²) in [5.74, 6) is 0. The Hall–Kier alpha value is -0.160. The third kappa shape index (κ3) is 9.97. The summed E-state index contributed by atoms with van der Waals surface area (Å²) in [5, 5.41) is 15.2. The van der Waals surface area contributed by atoms with Gasteiger partial charge in [-0.1, -0.05) is 25.7 Å². The molecule has 0 aromatic carbocycles. The first-order valence-electron chi connectivity index (χ1n) is 12.8. The highest BCUT2D eigenvalue weighted by Gasteiger charge is 2.38. The lowest BCUT2D eigenvalue weighted by Gasteiger charge is -2.47. The number of rotatable bonds is 11. The third-order valence-corrected chi connectivity index (χ3v) is 6.85. The fourth-order valence-electron chi connectivity index (χ4n) is 6.50. The predicted molar refractivity (Wildman–Crippen MR) is 132 cm³/mol. The van der Waals surface area contributed by atoms with Crippen LogP contribution >= 0.6 is 0 Å². The molecule has 0 radical (unpaired) electrons. The molecular weight excluding hydrogens is 368 g/mol. The Labute approximate surface area is 188 Å². The summed E-state index contributed by atoms with van der Waals surface area (Å²) >= 11 is 0. The molecule has 0 aromatic heterocycles. The molecule has 2 fully saturated rings. The molecule has 0 bridgehead atoms. The van der Waals surface area contributed by atoms with Crippen LogP contribution in [0.15, 0.2) is 0 Å². The van der Waals surface area contributed by atoms with Crippen LogP contribution in [0.5, 0.6) is 0 Å². The van der Waals surface area contributed by atoms with Gasteiger partial charge < -0.3 is 21.3 Å². The lowest BCUT2D eigenvalue weighted by Crippen LogP contribution is -2.61. The lowest BCUT2D eigenvalue weighted by molar-refractivity contribution is 0.145. The molecule has 4 N–H and O–H groups in total. The second kappa shape index (κ2) is 10.6. The molecule has 2 heterocycles. The fourth-order valence-corrected chi connectivity index (χ4v) is 6.50. The standard InChI is InChI=1S/C26H54N4/c1-23(2)17-21(18-24(3,4)29-23)27-15-13-11-9-10-12-14-16-28-22-19-25(5,6)30-26(7,8)20-22/h21-22,27-30H,9-20H2,1-8H3. The quantitative estimate of drug-likeness (QED) is 0.349. The molecular formula is C26H54N4. The molecule has 4 nitrogen and oxygen atoms in total. The van der Waals surface area contributed by atoms with Crippen LogP contribution < -0.4 is 21.3 Å². The van der Waals surface area contributed by atoms with Crippen LogP contribution in [0, 0.1) is 0 Å². The monoisotopic (exact) mass is 422 g/mol. The van der Waals surface area contributed by atoms with Crippen molar-refractivity contribution in [3.05, 3.63) is 0 Å². The Kier molecular flexibility index (Phi) is 9.25. The van der Waals surface area contributed by atoms with Gasteiger partial charge in [0.1, 0.15) is 0 Å². The van der Waals surface area contributed by atoms with E-state index in [-0.39, 0.29) is 22.2 Å². The van der Waals surface area contributed by atoms with Gasteiger partial charge in [-0.25, -0.2) is 0 Å². The molecule has 2 aliphatic heterocycles.